The fraction of sp³-hybridized carbons (Fsp3) is 0.400. The Morgan fingerprint density at radius 3 is 2.56 bits per heavy atom. The number of aliphatic hydroxyl groups excluding tert-OH is 1. The first-order valence-electron chi connectivity index (χ1n) is 10.9. The molecule has 2 atom stereocenters. The van der Waals surface area contributed by atoms with Crippen LogP contribution in [0.2, 0.25) is 0 Å². The molecule has 0 amide bonds. The molecular weight excluding hydrogens is 409 g/mol. The largest absolute Gasteiger partial charge is 0.438 e. The summed E-state index contributed by atoms with van der Waals surface area (Å²) in [6, 6.07) is 16.0. The monoisotopic (exact) mass is 441 g/mol. The zero-order valence-corrected chi connectivity index (χ0v) is 19.2. The van der Waals surface area contributed by atoms with Crippen molar-refractivity contribution in [1.82, 2.24) is 14.7 Å². The van der Waals surface area contributed by atoms with E-state index in [1.807, 2.05) is 37.3 Å². The minimum absolute atomic E-state index is 0.225. The number of rotatable bonds is 11. The van der Waals surface area contributed by atoms with Crippen molar-refractivity contribution in [2.45, 2.75) is 45.9 Å². The van der Waals surface area contributed by atoms with Gasteiger partial charge in [0.15, 0.2) is 0 Å². The predicted molar refractivity (Wildman–Crippen MR) is 123 cm³/mol. The Morgan fingerprint density at radius 2 is 1.91 bits per heavy atom. The van der Waals surface area contributed by atoms with E-state index in [1.165, 1.54) is 12.1 Å². The topological polar surface area (TPSA) is 59.8 Å². The fourth-order valence-corrected chi connectivity index (χ4v) is 3.59. The lowest BCUT2D eigenvalue weighted by Crippen LogP contribution is -2.40. The van der Waals surface area contributed by atoms with Crippen LogP contribution in [0.25, 0.3) is 5.69 Å². The highest BCUT2D eigenvalue weighted by Gasteiger charge is 2.24. The number of hydrogen-bond acceptors (Lipinski definition) is 5. The van der Waals surface area contributed by atoms with Crippen LogP contribution in [0.3, 0.4) is 0 Å². The average molecular weight is 442 g/mol. The van der Waals surface area contributed by atoms with E-state index in [2.05, 4.69) is 18.7 Å². The van der Waals surface area contributed by atoms with E-state index < -0.39 is 6.10 Å². The minimum Gasteiger partial charge on any atom is -0.438 e. The summed E-state index contributed by atoms with van der Waals surface area (Å²) in [4.78, 5) is 2.20. The van der Waals surface area contributed by atoms with Gasteiger partial charge in [-0.15, -0.1) is 0 Å². The molecule has 0 bridgehead atoms. The zero-order valence-electron chi connectivity index (χ0n) is 19.2. The first kappa shape index (κ1) is 23.9. The molecule has 3 rings (SSSR count). The maximum Gasteiger partial charge on any atom is 0.227 e. The van der Waals surface area contributed by atoms with Crippen LogP contribution in [0.5, 0.6) is 11.6 Å². The van der Waals surface area contributed by atoms with Crippen molar-refractivity contribution < 1.29 is 19.0 Å². The van der Waals surface area contributed by atoms with Crippen molar-refractivity contribution in [3.05, 3.63) is 71.7 Å². The van der Waals surface area contributed by atoms with Crippen LogP contribution in [0, 0.1) is 12.7 Å². The Bertz CT molecular complexity index is 993. The summed E-state index contributed by atoms with van der Waals surface area (Å²) in [6.45, 7) is 7.43. The first-order chi connectivity index (χ1) is 15.4. The molecular formula is C25H32FN3O3. The van der Waals surface area contributed by atoms with Gasteiger partial charge < -0.3 is 14.6 Å². The summed E-state index contributed by atoms with van der Waals surface area (Å²) in [5.41, 5.74) is 2.56. The molecule has 2 aromatic carbocycles. The quantitative estimate of drug-likeness (QED) is 0.467. The minimum atomic E-state index is -0.605. The van der Waals surface area contributed by atoms with E-state index in [9.17, 15) is 9.50 Å². The normalized spacial score (nSPS) is 13.3. The van der Waals surface area contributed by atoms with Crippen molar-refractivity contribution in [3.8, 4) is 17.3 Å². The van der Waals surface area contributed by atoms with Crippen molar-refractivity contribution in [3.63, 3.8) is 0 Å². The molecule has 0 spiro atoms. The molecule has 0 fully saturated rings. The molecule has 1 heterocycles. The number of methoxy groups -OCH3 is 1. The van der Waals surface area contributed by atoms with Gasteiger partial charge in [0.05, 0.1) is 29.7 Å². The third-order valence-electron chi connectivity index (χ3n) is 5.53. The number of benzene rings is 2. The molecule has 6 nitrogen and oxygen atoms in total. The van der Waals surface area contributed by atoms with Crippen molar-refractivity contribution in [1.29, 1.82) is 0 Å². The van der Waals surface area contributed by atoms with Crippen molar-refractivity contribution in [2.75, 3.05) is 20.3 Å². The molecule has 0 aliphatic carbocycles. The Morgan fingerprint density at radius 1 is 1.16 bits per heavy atom. The van der Waals surface area contributed by atoms with Gasteiger partial charge in [-0.05, 0) is 44.5 Å². The Kier molecular flexibility index (Phi) is 8.39. The lowest BCUT2D eigenvalue weighted by atomic mass is 10.1. The van der Waals surface area contributed by atoms with Crippen molar-refractivity contribution >= 4 is 0 Å². The molecule has 7 heteroatoms. The summed E-state index contributed by atoms with van der Waals surface area (Å²) in [6.07, 6.45) is 0.317. The molecule has 1 N–H and O–H groups in total. The van der Waals surface area contributed by atoms with Gasteiger partial charge in [-0.25, -0.2) is 9.07 Å². The smallest absolute Gasteiger partial charge is 0.227 e. The van der Waals surface area contributed by atoms with Crippen LogP contribution in [0.15, 0.2) is 54.6 Å². The summed E-state index contributed by atoms with van der Waals surface area (Å²) in [7, 11) is 1.58. The van der Waals surface area contributed by atoms with Gasteiger partial charge in [0.25, 0.3) is 0 Å². The molecule has 3 aromatic rings. The van der Waals surface area contributed by atoms with Crippen LogP contribution in [-0.4, -0.2) is 52.2 Å². The summed E-state index contributed by atoms with van der Waals surface area (Å²) < 4.78 is 26.9. The highest BCUT2D eigenvalue weighted by atomic mass is 19.1. The van der Waals surface area contributed by atoms with Gasteiger partial charge in [-0.3, -0.25) is 4.90 Å². The number of ether oxygens (including phenoxy) is 2. The van der Waals surface area contributed by atoms with Crippen LogP contribution < -0.4 is 4.74 Å². The molecule has 0 aliphatic rings. The Balaban J connectivity index is 2.02. The van der Waals surface area contributed by atoms with Gasteiger partial charge in [0, 0.05) is 32.3 Å². The Hall–Kier alpha value is -2.74. The number of hydrogen-bond donors (Lipinski definition) is 1. The molecule has 172 valence electrons. The van der Waals surface area contributed by atoms with Gasteiger partial charge >= 0.3 is 0 Å². The van der Waals surface area contributed by atoms with E-state index in [-0.39, 0.29) is 18.5 Å². The lowest BCUT2D eigenvalue weighted by Gasteiger charge is -2.30. The van der Waals surface area contributed by atoms with Gasteiger partial charge in [-0.1, -0.05) is 31.2 Å². The number of aliphatic hydroxyl groups is 1. The number of nitrogens with zero attached hydrogens (tertiary/aromatic N) is 3. The standard InChI is InChI=1S/C25H32FN3O3/c1-5-18(2)28(15-22(30)17-31-4)16-24-19(3)27-29(21-11-7-6-8-12-21)25(24)32-23-13-9-10-20(26)14-23/h6-14,18,22,30H,5,15-17H2,1-4H3/t18-,22-/m0/s1. The number of halogens is 1. The second-order valence-electron chi connectivity index (χ2n) is 7.97. The average Bonchev–Trinajstić information content (AvgIpc) is 3.08. The number of aryl methyl sites for hydroxylation is 1. The molecule has 32 heavy (non-hydrogen) atoms. The number of aromatic nitrogens is 2. The maximum absolute atomic E-state index is 13.8. The van der Waals surface area contributed by atoms with Crippen LogP contribution in [0.1, 0.15) is 31.5 Å². The first-order valence-corrected chi connectivity index (χ1v) is 10.9. The van der Waals surface area contributed by atoms with Gasteiger partial charge in [-0.2, -0.15) is 5.10 Å². The third kappa shape index (κ3) is 5.94. The second kappa shape index (κ2) is 11.2. The number of para-hydroxylation sites is 1. The highest BCUT2D eigenvalue weighted by Crippen LogP contribution is 2.32. The molecule has 0 unspecified atom stereocenters. The van der Waals surface area contributed by atoms with Gasteiger partial charge in [0.2, 0.25) is 5.88 Å². The van der Waals surface area contributed by atoms with E-state index in [0.29, 0.717) is 24.7 Å². The summed E-state index contributed by atoms with van der Waals surface area (Å²) in [5.74, 6) is 0.571. The zero-order chi connectivity index (χ0) is 23.1. The SMILES string of the molecule is CC[C@H](C)N(Cc1c(C)nn(-c2ccccc2)c1Oc1cccc(F)c1)C[C@H](O)COC. The lowest BCUT2D eigenvalue weighted by molar-refractivity contribution is 0.0252. The van der Waals surface area contributed by atoms with Gasteiger partial charge in [0.1, 0.15) is 11.6 Å². The second-order valence-corrected chi connectivity index (χ2v) is 7.97. The maximum atomic E-state index is 13.8. The van der Waals surface area contributed by atoms with Crippen LogP contribution in [-0.2, 0) is 11.3 Å². The molecule has 1 aromatic heterocycles. The van der Waals surface area contributed by atoms with E-state index >= 15 is 0 Å². The molecule has 0 radical (unpaired) electrons. The van der Waals surface area contributed by atoms with E-state index in [0.717, 1.165) is 23.4 Å². The van der Waals surface area contributed by atoms with Crippen LogP contribution >= 0.6 is 0 Å². The molecule has 0 aliphatic heterocycles. The Labute approximate surface area is 189 Å². The predicted octanol–water partition coefficient (Wildman–Crippen LogP) is 4.72. The highest BCUT2D eigenvalue weighted by molar-refractivity contribution is 5.43. The summed E-state index contributed by atoms with van der Waals surface area (Å²) in [5, 5.41) is 15.1. The van der Waals surface area contributed by atoms with Crippen LogP contribution in [0.4, 0.5) is 4.39 Å². The molecule has 0 saturated carbocycles. The fourth-order valence-electron chi connectivity index (χ4n) is 3.59. The van der Waals surface area contributed by atoms with Crippen molar-refractivity contribution in [2.24, 2.45) is 0 Å². The third-order valence-corrected chi connectivity index (χ3v) is 5.53. The molecule has 0 saturated heterocycles. The summed E-state index contributed by atoms with van der Waals surface area (Å²) >= 11 is 0. The van der Waals surface area contributed by atoms with E-state index in [1.54, 1.807) is 23.9 Å². The van der Waals surface area contributed by atoms with E-state index in [4.69, 9.17) is 14.6 Å².